The van der Waals surface area contributed by atoms with Gasteiger partial charge in [0.05, 0.1) is 7.11 Å². The Morgan fingerprint density at radius 2 is 2.21 bits per heavy atom. The number of carbonyl (C=O) groups excluding carboxylic acids is 2. The summed E-state index contributed by atoms with van der Waals surface area (Å²) in [6.45, 7) is 2.03. The maximum absolute atomic E-state index is 12.0. The van der Waals surface area contributed by atoms with E-state index in [0.717, 1.165) is 0 Å². The molecule has 0 aromatic heterocycles. The Morgan fingerprint density at radius 3 is 2.84 bits per heavy atom. The number of hydrogen-bond acceptors (Lipinski definition) is 4. The fourth-order valence-corrected chi connectivity index (χ4v) is 3.20. The monoisotopic (exact) mass is 299 g/mol. The fourth-order valence-electron chi connectivity index (χ4n) is 2.06. The highest BCUT2D eigenvalue weighted by atomic mass is 35.5. The number of halogens is 1. The number of rotatable bonds is 3. The highest BCUT2D eigenvalue weighted by Crippen LogP contribution is 2.32. The quantitative estimate of drug-likeness (QED) is 0.861. The fraction of sp³-hybridized carbons (Fsp3) is 0.385. The van der Waals surface area contributed by atoms with E-state index in [0.29, 0.717) is 29.4 Å². The maximum Gasteiger partial charge on any atom is 0.228 e. The molecule has 0 N–H and O–H groups in total. The Kier molecular flexibility index (Phi) is 4.37. The van der Waals surface area contributed by atoms with E-state index >= 15 is 0 Å². The minimum atomic E-state index is 0.00284. The lowest BCUT2D eigenvalue weighted by Gasteiger charge is -2.17. The molecular weight excluding hydrogens is 286 g/mol. The largest absolute Gasteiger partial charge is 0.497 e. The average molecular weight is 300 g/mol. The molecule has 1 aliphatic rings. The standard InChI is InChI=1S/C13H14ClNO3S/c1-8(16)19-12-6-13(17)15(7-12)10-3-9(14)4-11(5-10)18-2/h3-5,12H,6-7H2,1-2H3. The first-order chi connectivity index (χ1) is 8.99. The topological polar surface area (TPSA) is 46.6 Å². The zero-order valence-electron chi connectivity index (χ0n) is 10.7. The normalized spacial score (nSPS) is 18.8. The molecule has 0 spiro atoms. The minimum absolute atomic E-state index is 0.00284. The minimum Gasteiger partial charge on any atom is -0.497 e. The molecule has 1 atom stereocenters. The van der Waals surface area contributed by atoms with Gasteiger partial charge in [-0.05, 0) is 12.1 Å². The van der Waals surface area contributed by atoms with Crippen molar-refractivity contribution < 1.29 is 14.3 Å². The number of amides is 1. The molecular formula is C13H14ClNO3S. The molecule has 6 heteroatoms. The molecule has 1 aromatic carbocycles. The lowest BCUT2D eigenvalue weighted by atomic mass is 10.3. The van der Waals surface area contributed by atoms with Crippen molar-refractivity contribution in [3.05, 3.63) is 23.2 Å². The molecule has 19 heavy (non-hydrogen) atoms. The maximum atomic E-state index is 12.0. The van der Waals surface area contributed by atoms with E-state index in [1.807, 2.05) is 0 Å². The number of thioether (sulfide) groups is 1. The third-order valence-electron chi connectivity index (χ3n) is 2.83. The van der Waals surface area contributed by atoms with Crippen molar-refractivity contribution in [2.75, 3.05) is 18.6 Å². The first-order valence-corrected chi connectivity index (χ1v) is 7.07. The van der Waals surface area contributed by atoms with Crippen LogP contribution in [0.2, 0.25) is 5.02 Å². The average Bonchev–Trinajstić information content (AvgIpc) is 2.68. The summed E-state index contributed by atoms with van der Waals surface area (Å²) >= 11 is 7.21. The summed E-state index contributed by atoms with van der Waals surface area (Å²) in [5.74, 6) is 0.612. The summed E-state index contributed by atoms with van der Waals surface area (Å²) in [4.78, 5) is 24.7. The van der Waals surface area contributed by atoms with Crippen LogP contribution in [0.1, 0.15) is 13.3 Å². The van der Waals surface area contributed by atoms with Crippen LogP contribution in [0.15, 0.2) is 18.2 Å². The van der Waals surface area contributed by atoms with Crippen molar-refractivity contribution in [3.63, 3.8) is 0 Å². The van der Waals surface area contributed by atoms with Gasteiger partial charge >= 0.3 is 0 Å². The predicted octanol–water partition coefficient (Wildman–Crippen LogP) is 2.73. The van der Waals surface area contributed by atoms with Crippen LogP contribution in [0.3, 0.4) is 0 Å². The lowest BCUT2D eigenvalue weighted by Crippen LogP contribution is -2.24. The molecule has 1 unspecified atom stereocenters. The zero-order valence-corrected chi connectivity index (χ0v) is 12.3. The van der Waals surface area contributed by atoms with Crippen LogP contribution in [-0.4, -0.2) is 29.9 Å². The second-order valence-electron chi connectivity index (χ2n) is 4.29. The lowest BCUT2D eigenvalue weighted by molar-refractivity contribution is -0.117. The number of benzene rings is 1. The molecule has 1 aliphatic heterocycles. The summed E-state index contributed by atoms with van der Waals surface area (Å²) in [6.07, 6.45) is 0.374. The van der Waals surface area contributed by atoms with Gasteiger partial charge in [0.1, 0.15) is 5.75 Å². The van der Waals surface area contributed by atoms with Gasteiger partial charge in [0, 0.05) is 41.9 Å². The highest BCUT2D eigenvalue weighted by Gasteiger charge is 2.32. The molecule has 1 amide bonds. The van der Waals surface area contributed by atoms with Crippen molar-refractivity contribution in [1.82, 2.24) is 0 Å². The SMILES string of the molecule is COc1cc(Cl)cc(N2CC(SC(C)=O)CC2=O)c1. The Morgan fingerprint density at radius 1 is 1.47 bits per heavy atom. The van der Waals surface area contributed by atoms with Crippen LogP contribution in [0.25, 0.3) is 0 Å². The van der Waals surface area contributed by atoms with Crippen LogP contribution in [0.4, 0.5) is 5.69 Å². The van der Waals surface area contributed by atoms with Crippen LogP contribution < -0.4 is 9.64 Å². The van der Waals surface area contributed by atoms with E-state index in [-0.39, 0.29) is 16.3 Å². The van der Waals surface area contributed by atoms with Crippen molar-refractivity contribution in [2.24, 2.45) is 0 Å². The van der Waals surface area contributed by atoms with Gasteiger partial charge in [0.25, 0.3) is 0 Å². The molecule has 0 saturated carbocycles. The third kappa shape index (κ3) is 3.42. The van der Waals surface area contributed by atoms with Crippen LogP contribution in [0.5, 0.6) is 5.75 Å². The summed E-state index contributed by atoms with van der Waals surface area (Å²) in [5, 5.41) is 0.558. The van der Waals surface area contributed by atoms with Crippen molar-refractivity contribution >= 4 is 40.1 Å². The first kappa shape index (κ1) is 14.2. The molecule has 0 aliphatic carbocycles. The second-order valence-corrected chi connectivity index (χ2v) is 6.20. The van der Waals surface area contributed by atoms with Gasteiger partial charge in [-0.2, -0.15) is 0 Å². The zero-order chi connectivity index (χ0) is 14.0. The van der Waals surface area contributed by atoms with E-state index in [2.05, 4.69) is 0 Å². The highest BCUT2D eigenvalue weighted by molar-refractivity contribution is 8.14. The number of carbonyl (C=O) groups is 2. The molecule has 1 saturated heterocycles. The van der Waals surface area contributed by atoms with Crippen LogP contribution in [-0.2, 0) is 9.59 Å². The van der Waals surface area contributed by atoms with Gasteiger partial charge in [-0.1, -0.05) is 23.4 Å². The van der Waals surface area contributed by atoms with Gasteiger partial charge in [0.15, 0.2) is 5.12 Å². The second kappa shape index (κ2) is 5.84. The summed E-state index contributed by atoms with van der Waals surface area (Å²) in [6, 6.07) is 5.18. The Hall–Kier alpha value is -1.20. The van der Waals surface area contributed by atoms with E-state index in [1.54, 1.807) is 30.2 Å². The summed E-state index contributed by atoms with van der Waals surface area (Å²) in [7, 11) is 1.55. The van der Waals surface area contributed by atoms with E-state index in [9.17, 15) is 9.59 Å². The Bertz CT molecular complexity index is 521. The molecule has 1 aromatic rings. The number of methoxy groups -OCH3 is 1. The smallest absolute Gasteiger partial charge is 0.228 e. The number of anilines is 1. The van der Waals surface area contributed by atoms with E-state index in [4.69, 9.17) is 16.3 Å². The summed E-state index contributed by atoms with van der Waals surface area (Å²) in [5.41, 5.74) is 0.709. The number of nitrogens with zero attached hydrogens (tertiary/aromatic N) is 1. The van der Waals surface area contributed by atoms with Crippen molar-refractivity contribution in [3.8, 4) is 5.75 Å². The molecule has 1 heterocycles. The predicted molar refractivity (Wildman–Crippen MR) is 77.0 cm³/mol. The molecule has 4 nitrogen and oxygen atoms in total. The molecule has 2 rings (SSSR count). The van der Waals surface area contributed by atoms with Crippen molar-refractivity contribution in [2.45, 2.75) is 18.6 Å². The van der Waals surface area contributed by atoms with Crippen molar-refractivity contribution in [1.29, 1.82) is 0 Å². The Labute approximate surface area is 121 Å². The van der Waals surface area contributed by atoms with Gasteiger partial charge in [0.2, 0.25) is 5.91 Å². The number of hydrogen-bond donors (Lipinski definition) is 0. The molecule has 1 fully saturated rings. The molecule has 102 valence electrons. The summed E-state index contributed by atoms with van der Waals surface area (Å²) < 4.78 is 5.14. The van der Waals surface area contributed by atoms with Crippen LogP contribution >= 0.6 is 23.4 Å². The molecule has 0 bridgehead atoms. The molecule has 0 radical (unpaired) electrons. The first-order valence-electron chi connectivity index (χ1n) is 5.81. The van der Waals surface area contributed by atoms with Gasteiger partial charge < -0.3 is 9.64 Å². The van der Waals surface area contributed by atoms with Gasteiger partial charge in [-0.25, -0.2) is 0 Å². The Balaban J connectivity index is 2.20. The van der Waals surface area contributed by atoms with Gasteiger partial charge in [-0.15, -0.1) is 0 Å². The van der Waals surface area contributed by atoms with E-state index in [1.165, 1.54) is 18.7 Å². The van der Waals surface area contributed by atoms with E-state index < -0.39 is 0 Å². The van der Waals surface area contributed by atoms with Crippen LogP contribution in [0, 0.1) is 0 Å². The van der Waals surface area contributed by atoms with Gasteiger partial charge in [-0.3, -0.25) is 9.59 Å². The third-order valence-corrected chi connectivity index (χ3v) is 4.02. The number of ether oxygens (including phenoxy) is 1.